The van der Waals surface area contributed by atoms with E-state index in [0.29, 0.717) is 19.3 Å². The summed E-state index contributed by atoms with van der Waals surface area (Å²) in [6, 6.07) is 0. The summed E-state index contributed by atoms with van der Waals surface area (Å²) in [5, 5.41) is 31.8. The van der Waals surface area contributed by atoms with Gasteiger partial charge < -0.3 is 15.3 Å². The number of hydrogen-bond donors (Lipinski definition) is 3. The molecule has 4 nitrogen and oxygen atoms in total. The molecule has 4 aliphatic rings. The normalized spacial score (nSPS) is 55.7. The van der Waals surface area contributed by atoms with Crippen molar-refractivity contribution in [2.24, 2.45) is 28.6 Å². The number of ketones is 1. The molecule has 0 aromatic carbocycles. The van der Waals surface area contributed by atoms with Gasteiger partial charge in [0.2, 0.25) is 0 Å². The molecule has 128 valence electrons. The van der Waals surface area contributed by atoms with Crippen LogP contribution >= 0.6 is 0 Å². The van der Waals surface area contributed by atoms with Crippen molar-refractivity contribution in [3.05, 3.63) is 11.6 Å². The molecule has 0 aromatic rings. The molecule has 5 unspecified atom stereocenters. The summed E-state index contributed by atoms with van der Waals surface area (Å²) in [5.74, 6) is 0.374. The second-order valence-corrected chi connectivity index (χ2v) is 8.86. The van der Waals surface area contributed by atoms with Gasteiger partial charge in [0, 0.05) is 11.8 Å². The standard InChI is InChI=1S/C19H28O4/c1-18-6-5-11(20)7-10(18)8-13(21)16-12-3-4-15(23)19(12,2)9-14(22)17(16)18/h8,11-14,16-17,20-22H,3-7,9H2,1-2H3/t11-,12?,13?,14?,16?,17?,18-,19-/m0/s1. The molecule has 23 heavy (non-hydrogen) atoms. The van der Waals surface area contributed by atoms with Crippen molar-refractivity contribution in [1.82, 2.24) is 0 Å². The molecule has 3 N–H and O–H groups in total. The van der Waals surface area contributed by atoms with Gasteiger partial charge >= 0.3 is 0 Å². The first-order valence-electron chi connectivity index (χ1n) is 9.06. The van der Waals surface area contributed by atoms with Gasteiger partial charge in [0.1, 0.15) is 5.78 Å². The van der Waals surface area contributed by atoms with Crippen LogP contribution < -0.4 is 0 Å². The van der Waals surface area contributed by atoms with Gasteiger partial charge in [-0.3, -0.25) is 4.79 Å². The summed E-state index contributed by atoms with van der Waals surface area (Å²) in [6.45, 7) is 4.18. The van der Waals surface area contributed by atoms with Gasteiger partial charge in [0.05, 0.1) is 18.3 Å². The third kappa shape index (κ3) is 1.98. The predicted molar refractivity (Wildman–Crippen MR) is 85.5 cm³/mol. The Labute approximate surface area is 137 Å². The number of carbonyl (C=O) groups excluding carboxylic acids is 1. The molecule has 0 aliphatic heterocycles. The lowest BCUT2D eigenvalue weighted by molar-refractivity contribution is -0.157. The van der Waals surface area contributed by atoms with Crippen molar-refractivity contribution in [3.63, 3.8) is 0 Å². The van der Waals surface area contributed by atoms with Crippen molar-refractivity contribution in [1.29, 1.82) is 0 Å². The molecular formula is C19H28O4. The fourth-order valence-electron chi connectivity index (χ4n) is 6.52. The van der Waals surface area contributed by atoms with E-state index in [1.54, 1.807) is 0 Å². The number of aliphatic hydroxyl groups is 3. The van der Waals surface area contributed by atoms with E-state index >= 15 is 0 Å². The van der Waals surface area contributed by atoms with E-state index in [4.69, 9.17) is 0 Å². The van der Waals surface area contributed by atoms with Gasteiger partial charge in [-0.2, -0.15) is 0 Å². The van der Waals surface area contributed by atoms with Gasteiger partial charge in [-0.1, -0.05) is 25.5 Å². The monoisotopic (exact) mass is 320 g/mol. The molecule has 4 aliphatic carbocycles. The zero-order valence-corrected chi connectivity index (χ0v) is 14.0. The second-order valence-electron chi connectivity index (χ2n) is 8.86. The topological polar surface area (TPSA) is 77.8 Å². The molecule has 3 saturated carbocycles. The minimum absolute atomic E-state index is 0.00558. The largest absolute Gasteiger partial charge is 0.393 e. The molecule has 4 heteroatoms. The lowest BCUT2D eigenvalue weighted by atomic mass is 9.46. The van der Waals surface area contributed by atoms with Crippen LogP contribution in [0, 0.1) is 28.6 Å². The number of Topliss-reactive ketones (excluding diaryl/α,β-unsaturated/α-hetero) is 1. The number of aliphatic hydroxyl groups excluding tert-OH is 3. The Balaban J connectivity index is 1.79. The quantitative estimate of drug-likeness (QED) is 0.595. The molecule has 0 heterocycles. The Hall–Kier alpha value is -0.710. The third-order valence-electron chi connectivity index (χ3n) is 7.75. The number of fused-ring (bicyclic) bond motifs is 5. The number of hydrogen-bond acceptors (Lipinski definition) is 4. The molecule has 0 saturated heterocycles. The Morgan fingerprint density at radius 3 is 2.61 bits per heavy atom. The van der Waals surface area contributed by atoms with Crippen LogP contribution in [0.1, 0.15) is 52.4 Å². The van der Waals surface area contributed by atoms with Crippen LogP contribution in [-0.4, -0.2) is 39.4 Å². The summed E-state index contributed by atoms with van der Waals surface area (Å²) in [6.07, 6.45) is 4.57. The lowest BCUT2D eigenvalue weighted by Gasteiger charge is -2.59. The Morgan fingerprint density at radius 1 is 1.13 bits per heavy atom. The maximum Gasteiger partial charge on any atom is 0.139 e. The molecule has 8 atom stereocenters. The molecule has 0 aromatic heterocycles. The second kappa shape index (κ2) is 4.90. The molecule has 0 spiro atoms. The summed E-state index contributed by atoms with van der Waals surface area (Å²) in [5.41, 5.74) is 0.476. The van der Waals surface area contributed by atoms with Crippen LogP contribution in [0.25, 0.3) is 0 Å². The van der Waals surface area contributed by atoms with Gasteiger partial charge in [0.25, 0.3) is 0 Å². The molecular weight excluding hydrogens is 292 g/mol. The van der Waals surface area contributed by atoms with E-state index in [9.17, 15) is 20.1 Å². The highest BCUT2D eigenvalue weighted by Gasteiger charge is 2.63. The first-order chi connectivity index (χ1) is 10.8. The summed E-state index contributed by atoms with van der Waals surface area (Å²) >= 11 is 0. The van der Waals surface area contributed by atoms with E-state index in [1.165, 1.54) is 0 Å². The minimum atomic E-state index is -0.612. The number of carbonyl (C=O) groups is 1. The lowest BCUT2D eigenvalue weighted by Crippen LogP contribution is -2.59. The van der Waals surface area contributed by atoms with Crippen molar-refractivity contribution in [2.75, 3.05) is 0 Å². The zero-order valence-electron chi connectivity index (χ0n) is 14.0. The van der Waals surface area contributed by atoms with E-state index in [0.717, 1.165) is 24.8 Å². The van der Waals surface area contributed by atoms with Crippen LogP contribution in [0.3, 0.4) is 0 Å². The van der Waals surface area contributed by atoms with Gasteiger partial charge in [-0.25, -0.2) is 0 Å². The van der Waals surface area contributed by atoms with E-state index < -0.39 is 17.6 Å². The molecule has 3 fully saturated rings. The average Bonchev–Trinajstić information content (AvgIpc) is 2.76. The molecule has 0 radical (unpaired) electrons. The predicted octanol–water partition coefficient (Wildman–Crippen LogP) is 1.82. The van der Waals surface area contributed by atoms with Crippen LogP contribution in [0.5, 0.6) is 0 Å². The van der Waals surface area contributed by atoms with Crippen LogP contribution in [0.15, 0.2) is 11.6 Å². The van der Waals surface area contributed by atoms with Crippen LogP contribution in [0.2, 0.25) is 0 Å². The van der Waals surface area contributed by atoms with Crippen molar-refractivity contribution < 1.29 is 20.1 Å². The maximum atomic E-state index is 12.4. The van der Waals surface area contributed by atoms with Gasteiger partial charge in [-0.05, 0) is 55.3 Å². The first kappa shape index (κ1) is 15.8. The van der Waals surface area contributed by atoms with Crippen molar-refractivity contribution >= 4 is 5.78 Å². The smallest absolute Gasteiger partial charge is 0.139 e. The highest BCUT2D eigenvalue weighted by Crippen LogP contribution is 2.63. The SMILES string of the molecule is C[C@]12CC[C@H](O)CC1=CC(O)C1C2C(O)C[C@]2(C)C(=O)CCC12. The van der Waals surface area contributed by atoms with Gasteiger partial charge in [-0.15, -0.1) is 0 Å². The van der Waals surface area contributed by atoms with Crippen LogP contribution in [0.4, 0.5) is 0 Å². The fraction of sp³-hybridized carbons (Fsp3) is 0.842. The fourth-order valence-corrected chi connectivity index (χ4v) is 6.52. The van der Waals surface area contributed by atoms with Crippen molar-refractivity contribution in [3.8, 4) is 0 Å². The maximum absolute atomic E-state index is 12.4. The van der Waals surface area contributed by atoms with E-state index in [-0.39, 0.29) is 35.1 Å². The van der Waals surface area contributed by atoms with E-state index in [2.05, 4.69) is 6.92 Å². The molecule has 0 amide bonds. The minimum Gasteiger partial charge on any atom is -0.393 e. The Kier molecular flexibility index (Phi) is 3.37. The number of rotatable bonds is 0. The van der Waals surface area contributed by atoms with Crippen molar-refractivity contribution in [2.45, 2.75) is 70.7 Å². The van der Waals surface area contributed by atoms with E-state index in [1.807, 2.05) is 13.0 Å². The molecule has 4 rings (SSSR count). The first-order valence-corrected chi connectivity index (χ1v) is 9.06. The van der Waals surface area contributed by atoms with Crippen LogP contribution in [-0.2, 0) is 4.79 Å². The zero-order chi connectivity index (χ0) is 16.6. The summed E-state index contributed by atoms with van der Waals surface area (Å²) in [7, 11) is 0. The third-order valence-corrected chi connectivity index (χ3v) is 7.75. The van der Waals surface area contributed by atoms with Gasteiger partial charge in [0.15, 0.2) is 0 Å². The summed E-state index contributed by atoms with van der Waals surface area (Å²) in [4.78, 5) is 12.4. The average molecular weight is 320 g/mol. The highest BCUT2D eigenvalue weighted by atomic mass is 16.3. The Bertz CT molecular complexity index is 570. The molecule has 0 bridgehead atoms. The highest BCUT2D eigenvalue weighted by molar-refractivity contribution is 5.87. The Morgan fingerprint density at radius 2 is 1.87 bits per heavy atom. The summed E-state index contributed by atoms with van der Waals surface area (Å²) < 4.78 is 0.